The number of phenolic OH excluding ortho intramolecular Hbond substituents is 1. The minimum atomic E-state index is 0.296. The first-order chi connectivity index (χ1) is 17.7. The van der Waals surface area contributed by atoms with Gasteiger partial charge in [-0.05, 0) is 59.4 Å². The Balaban J connectivity index is 1.22. The Bertz CT molecular complexity index is 1400. The van der Waals surface area contributed by atoms with Crippen LogP contribution in [0.4, 0.5) is 0 Å². The molecule has 4 N–H and O–H groups in total. The van der Waals surface area contributed by atoms with Crippen LogP contribution in [0.5, 0.6) is 5.75 Å². The van der Waals surface area contributed by atoms with Crippen molar-refractivity contribution in [1.82, 2.24) is 30.4 Å². The molecule has 186 valence electrons. The predicted molar refractivity (Wildman–Crippen MR) is 142 cm³/mol. The zero-order chi connectivity index (χ0) is 24.5. The van der Waals surface area contributed by atoms with E-state index in [-0.39, 0.29) is 0 Å². The third-order valence-corrected chi connectivity index (χ3v) is 7.18. The number of imidazole rings is 1. The number of morpholine rings is 1. The molecule has 4 heterocycles. The highest BCUT2D eigenvalue weighted by atomic mass is 16.5. The molecular formula is C28H32N6O2. The fraction of sp³-hybridized carbons (Fsp3) is 0.357. The van der Waals surface area contributed by atoms with Gasteiger partial charge >= 0.3 is 0 Å². The van der Waals surface area contributed by atoms with Gasteiger partial charge in [-0.1, -0.05) is 25.1 Å². The lowest BCUT2D eigenvalue weighted by Gasteiger charge is -2.32. The minimum absolute atomic E-state index is 0.296. The number of nitrogens with zero attached hydrogens (tertiary/aromatic N) is 3. The molecule has 4 aromatic rings. The highest BCUT2D eigenvalue weighted by molar-refractivity contribution is 5.94. The zero-order valence-electron chi connectivity index (χ0n) is 20.6. The Morgan fingerprint density at radius 3 is 3.00 bits per heavy atom. The normalized spacial score (nSPS) is 19.0. The third-order valence-electron chi connectivity index (χ3n) is 7.18. The molecule has 36 heavy (non-hydrogen) atoms. The van der Waals surface area contributed by atoms with Crippen molar-refractivity contribution in [3.63, 3.8) is 0 Å². The van der Waals surface area contributed by atoms with Crippen molar-refractivity contribution in [2.45, 2.75) is 25.8 Å². The number of hydrogen-bond donors (Lipinski definition) is 4. The van der Waals surface area contributed by atoms with Crippen molar-refractivity contribution in [2.24, 2.45) is 0 Å². The number of ether oxygens (including phenoxy) is 1. The Labute approximate surface area is 210 Å². The molecule has 2 aliphatic rings. The van der Waals surface area contributed by atoms with E-state index >= 15 is 0 Å². The molecule has 2 aromatic carbocycles. The first-order valence-electron chi connectivity index (χ1n) is 12.8. The lowest BCUT2D eigenvalue weighted by molar-refractivity contribution is 0.0635. The summed E-state index contributed by atoms with van der Waals surface area (Å²) in [5.41, 5.74) is 7.35. The Hall–Kier alpha value is -3.46. The molecule has 0 amide bonds. The molecule has 2 aromatic heterocycles. The number of benzene rings is 2. The number of aromatic hydroxyl groups is 1. The minimum Gasteiger partial charge on any atom is -0.508 e. The standard InChI is InChI=1S/C28H32N6O2/c1-2-18-12-22(35)6-8-23(18)19-5-7-24-25(13-19)32-33-27(24)28-30-14-26(31-28)20-4-3-10-34(15-20)16-21-17-36-11-9-29-21/h4-8,12-14,21,29,35H,2-3,9-11,15-17H2,1H3,(H,30,31)(H,32,33)/t21-/m1/s1. The molecule has 1 fully saturated rings. The SMILES string of the molecule is CCc1cc(O)ccc1-c1ccc2c(-c3nc(C4=CCCN(C[C@@H]5COCCN5)C4)c[nH]3)n[nH]c2c1. The first-order valence-corrected chi connectivity index (χ1v) is 12.8. The smallest absolute Gasteiger partial charge is 0.159 e. The maximum atomic E-state index is 9.86. The second-order valence-electron chi connectivity index (χ2n) is 9.64. The molecule has 2 aliphatic heterocycles. The third kappa shape index (κ3) is 4.55. The molecule has 0 radical (unpaired) electrons. The molecule has 0 bridgehead atoms. The average Bonchev–Trinajstić information content (AvgIpc) is 3.56. The van der Waals surface area contributed by atoms with Gasteiger partial charge in [-0.25, -0.2) is 4.98 Å². The maximum Gasteiger partial charge on any atom is 0.159 e. The summed E-state index contributed by atoms with van der Waals surface area (Å²) in [4.78, 5) is 10.8. The van der Waals surface area contributed by atoms with E-state index in [1.165, 1.54) is 5.57 Å². The van der Waals surface area contributed by atoms with Crippen LogP contribution in [0, 0.1) is 0 Å². The largest absolute Gasteiger partial charge is 0.508 e. The second-order valence-corrected chi connectivity index (χ2v) is 9.64. The van der Waals surface area contributed by atoms with Gasteiger partial charge in [0.25, 0.3) is 0 Å². The zero-order valence-corrected chi connectivity index (χ0v) is 20.6. The number of nitrogens with one attached hydrogen (secondary N) is 3. The Morgan fingerprint density at radius 1 is 1.19 bits per heavy atom. The van der Waals surface area contributed by atoms with Crippen molar-refractivity contribution in [2.75, 3.05) is 39.4 Å². The summed E-state index contributed by atoms with van der Waals surface area (Å²) >= 11 is 0. The van der Waals surface area contributed by atoms with Crippen molar-refractivity contribution in [3.05, 3.63) is 59.9 Å². The molecule has 1 atom stereocenters. The van der Waals surface area contributed by atoms with E-state index in [9.17, 15) is 5.11 Å². The van der Waals surface area contributed by atoms with Crippen LogP contribution >= 0.6 is 0 Å². The molecule has 1 saturated heterocycles. The van der Waals surface area contributed by atoms with Gasteiger partial charge in [0.1, 0.15) is 11.4 Å². The summed E-state index contributed by atoms with van der Waals surface area (Å²) in [7, 11) is 0. The van der Waals surface area contributed by atoms with Gasteiger partial charge in [-0.2, -0.15) is 5.10 Å². The molecule has 0 saturated carbocycles. The highest BCUT2D eigenvalue weighted by Gasteiger charge is 2.22. The summed E-state index contributed by atoms with van der Waals surface area (Å²) in [6.45, 7) is 7.55. The number of fused-ring (bicyclic) bond motifs is 1. The summed E-state index contributed by atoms with van der Waals surface area (Å²) < 4.78 is 5.62. The van der Waals surface area contributed by atoms with Crippen LogP contribution in [0.25, 0.3) is 39.1 Å². The van der Waals surface area contributed by atoms with E-state index in [0.717, 1.165) is 97.0 Å². The van der Waals surface area contributed by atoms with Crippen molar-refractivity contribution < 1.29 is 9.84 Å². The van der Waals surface area contributed by atoms with E-state index in [0.29, 0.717) is 11.8 Å². The van der Waals surface area contributed by atoms with E-state index in [1.54, 1.807) is 6.07 Å². The van der Waals surface area contributed by atoms with Gasteiger partial charge in [0.15, 0.2) is 5.82 Å². The lowest BCUT2D eigenvalue weighted by atomic mass is 9.97. The lowest BCUT2D eigenvalue weighted by Crippen LogP contribution is -2.49. The van der Waals surface area contributed by atoms with Crippen molar-refractivity contribution in [1.29, 1.82) is 0 Å². The van der Waals surface area contributed by atoms with Crippen molar-refractivity contribution in [3.8, 4) is 28.4 Å². The van der Waals surface area contributed by atoms with Crippen molar-refractivity contribution >= 4 is 16.5 Å². The highest BCUT2D eigenvalue weighted by Crippen LogP contribution is 2.32. The number of aromatic amines is 2. The van der Waals surface area contributed by atoms with Gasteiger partial charge < -0.3 is 20.1 Å². The first kappa shape index (κ1) is 23.0. The number of hydrogen-bond acceptors (Lipinski definition) is 6. The van der Waals surface area contributed by atoms with Crippen LogP contribution in [0.15, 0.2) is 48.7 Å². The maximum absolute atomic E-state index is 9.86. The number of phenols is 1. The average molecular weight is 485 g/mol. The predicted octanol–water partition coefficient (Wildman–Crippen LogP) is 3.97. The number of aryl methyl sites for hydroxylation is 1. The quantitative estimate of drug-likeness (QED) is 0.330. The summed E-state index contributed by atoms with van der Waals surface area (Å²) in [5.74, 6) is 1.06. The van der Waals surface area contributed by atoms with Gasteiger partial charge in [0, 0.05) is 43.8 Å². The Kier molecular flexibility index (Phi) is 6.31. The van der Waals surface area contributed by atoms with Crippen LogP contribution < -0.4 is 5.32 Å². The monoisotopic (exact) mass is 484 g/mol. The van der Waals surface area contributed by atoms with E-state index in [2.05, 4.69) is 56.6 Å². The molecule has 0 aliphatic carbocycles. The number of H-pyrrole nitrogens is 2. The summed E-state index contributed by atoms with van der Waals surface area (Å²) in [6, 6.07) is 12.3. The van der Waals surface area contributed by atoms with E-state index in [4.69, 9.17) is 9.72 Å². The molecule has 6 rings (SSSR count). The molecular weight excluding hydrogens is 452 g/mol. The fourth-order valence-electron chi connectivity index (χ4n) is 5.33. The number of rotatable bonds is 6. The number of aromatic nitrogens is 4. The van der Waals surface area contributed by atoms with Gasteiger partial charge in [0.2, 0.25) is 0 Å². The van der Waals surface area contributed by atoms with Crippen LogP contribution in [0.1, 0.15) is 24.6 Å². The van der Waals surface area contributed by atoms with Gasteiger partial charge in [0.05, 0.1) is 24.4 Å². The Morgan fingerprint density at radius 2 is 2.14 bits per heavy atom. The fourth-order valence-corrected chi connectivity index (χ4v) is 5.33. The summed E-state index contributed by atoms with van der Waals surface area (Å²) in [5, 5.41) is 22.2. The van der Waals surface area contributed by atoms with Gasteiger partial charge in [-0.3, -0.25) is 10.00 Å². The topological polar surface area (TPSA) is 102 Å². The molecule has 8 heteroatoms. The molecule has 8 nitrogen and oxygen atoms in total. The van der Waals surface area contributed by atoms with E-state index < -0.39 is 0 Å². The molecule has 0 unspecified atom stereocenters. The van der Waals surface area contributed by atoms with Crippen LogP contribution in [0.3, 0.4) is 0 Å². The van der Waals surface area contributed by atoms with E-state index in [1.807, 2.05) is 18.3 Å². The molecule has 0 spiro atoms. The summed E-state index contributed by atoms with van der Waals surface area (Å²) in [6.07, 6.45) is 6.17. The van der Waals surface area contributed by atoms with Crippen LogP contribution in [-0.4, -0.2) is 75.6 Å². The van der Waals surface area contributed by atoms with Gasteiger partial charge in [-0.15, -0.1) is 0 Å². The van der Waals surface area contributed by atoms with Crippen LogP contribution in [-0.2, 0) is 11.2 Å². The van der Waals surface area contributed by atoms with Crippen LogP contribution in [0.2, 0.25) is 0 Å². The second kappa shape index (κ2) is 9.89.